The molecule has 3 aromatic heterocycles. The van der Waals surface area contributed by atoms with Gasteiger partial charge in [-0.3, -0.25) is 9.36 Å². The summed E-state index contributed by atoms with van der Waals surface area (Å²) < 4.78 is 2.77. The van der Waals surface area contributed by atoms with Gasteiger partial charge in [-0.1, -0.05) is 43.8 Å². The van der Waals surface area contributed by atoms with Gasteiger partial charge in [-0.05, 0) is 29.0 Å². The smallest absolute Gasteiger partial charge is 0.268 e. The molecule has 3 heterocycles. The molecule has 0 amide bonds. The normalized spacial score (nSPS) is 11.5. The third-order valence-electron chi connectivity index (χ3n) is 4.13. The molecule has 0 aliphatic rings. The van der Waals surface area contributed by atoms with Gasteiger partial charge in [-0.15, -0.1) is 11.3 Å². The number of rotatable bonds is 5. The van der Waals surface area contributed by atoms with Crippen LogP contribution >= 0.6 is 23.1 Å². The Morgan fingerprint density at radius 2 is 2.12 bits per heavy atom. The highest BCUT2D eigenvalue weighted by molar-refractivity contribution is 7.98. The maximum atomic E-state index is 12.1. The van der Waals surface area contributed by atoms with E-state index in [-0.39, 0.29) is 5.56 Å². The molecule has 0 fully saturated rings. The molecule has 0 aliphatic carbocycles. The van der Waals surface area contributed by atoms with Gasteiger partial charge in [0.1, 0.15) is 10.5 Å². The molecule has 0 atom stereocenters. The predicted octanol–water partition coefficient (Wildman–Crippen LogP) is 4.59. The first kappa shape index (κ1) is 17.1. The van der Waals surface area contributed by atoms with Gasteiger partial charge < -0.3 is 4.98 Å². The number of nitrogens with one attached hydrogen (secondary N) is 1. The molecule has 0 saturated heterocycles. The lowest BCUT2D eigenvalue weighted by molar-refractivity contribution is 0.817. The zero-order valence-corrected chi connectivity index (χ0v) is 16.1. The van der Waals surface area contributed by atoms with E-state index in [0.717, 1.165) is 16.4 Å². The molecule has 5 nitrogen and oxygen atoms in total. The summed E-state index contributed by atoms with van der Waals surface area (Å²) in [6.07, 6.45) is 3.78. The second-order valence-corrected chi connectivity index (χ2v) is 8.09. The Hall–Kier alpha value is -2.38. The lowest BCUT2D eigenvalue weighted by Crippen LogP contribution is -2.09. The number of hydrogen-bond acceptors (Lipinski definition) is 5. The second-order valence-electron chi connectivity index (χ2n) is 6.23. The fourth-order valence-electron chi connectivity index (χ4n) is 2.90. The third-order valence-corrected chi connectivity index (χ3v) is 6.01. The summed E-state index contributed by atoms with van der Waals surface area (Å²) in [6, 6.07) is 10.2. The molecule has 0 unspecified atom stereocenters. The van der Waals surface area contributed by atoms with Crippen LogP contribution in [0.5, 0.6) is 0 Å². The molecule has 0 radical (unpaired) electrons. The topological polar surface area (TPSA) is 63.6 Å². The Labute approximate surface area is 159 Å². The van der Waals surface area contributed by atoms with Crippen LogP contribution in [0.15, 0.2) is 58.1 Å². The van der Waals surface area contributed by atoms with Crippen LogP contribution in [0.2, 0.25) is 0 Å². The Kier molecular flexibility index (Phi) is 4.65. The molecule has 4 rings (SSSR count). The number of hydrogen-bond donors (Lipinski definition) is 1. The maximum Gasteiger partial charge on any atom is 0.268 e. The molecule has 0 bridgehead atoms. The molecular formula is C19H18N4OS2. The predicted molar refractivity (Wildman–Crippen MR) is 107 cm³/mol. The Balaban J connectivity index is 1.63. The van der Waals surface area contributed by atoms with Crippen LogP contribution < -0.4 is 5.56 Å². The molecular weight excluding hydrogens is 364 g/mol. The van der Waals surface area contributed by atoms with E-state index in [1.165, 1.54) is 16.9 Å². The Bertz CT molecular complexity index is 1110. The molecule has 132 valence electrons. The fraction of sp³-hybridized carbons (Fsp3) is 0.211. The average Bonchev–Trinajstić information content (AvgIpc) is 3.29. The van der Waals surface area contributed by atoms with Crippen LogP contribution in [-0.4, -0.2) is 19.5 Å². The summed E-state index contributed by atoms with van der Waals surface area (Å²) in [4.78, 5) is 24.0. The summed E-state index contributed by atoms with van der Waals surface area (Å²) in [6.45, 7) is 4.38. The molecule has 0 saturated carbocycles. The fourth-order valence-corrected chi connectivity index (χ4v) is 4.46. The van der Waals surface area contributed by atoms with Crippen molar-refractivity contribution >= 4 is 33.3 Å². The first-order chi connectivity index (χ1) is 12.6. The van der Waals surface area contributed by atoms with E-state index < -0.39 is 0 Å². The minimum Gasteiger partial charge on any atom is -0.309 e. The van der Waals surface area contributed by atoms with E-state index in [2.05, 4.69) is 51.6 Å². The SMILES string of the molecule is CC(C)c1ccccc1-n1ccnc1SCc1nc2ccsc2c(=O)[nH]1. The number of nitrogens with zero attached hydrogens (tertiary/aromatic N) is 3. The number of imidazole rings is 1. The van der Waals surface area contributed by atoms with Gasteiger partial charge >= 0.3 is 0 Å². The highest BCUT2D eigenvalue weighted by atomic mass is 32.2. The highest BCUT2D eigenvalue weighted by Crippen LogP contribution is 2.28. The minimum absolute atomic E-state index is 0.0749. The van der Waals surface area contributed by atoms with Crippen molar-refractivity contribution in [3.8, 4) is 5.69 Å². The van der Waals surface area contributed by atoms with Gasteiger partial charge in [0, 0.05) is 12.4 Å². The van der Waals surface area contributed by atoms with Crippen LogP contribution in [0, 0.1) is 0 Å². The van der Waals surface area contributed by atoms with Crippen molar-refractivity contribution < 1.29 is 0 Å². The van der Waals surface area contributed by atoms with Crippen molar-refractivity contribution in [2.75, 3.05) is 0 Å². The van der Waals surface area contributed by atoms with Gasteiger partial charge in [0.25, 0.3) is 5.56 Å². The van der Waals surface area contributed by atoms with E-state index in [1.807, 2.05) is 23.7 Å². The van der Waals surface area contributed by atoms with E-state index in [9.17, 15) is 4.79 Å². The number of benzene rings is 1. The van der Waals surface area contributed by atoms with Crippen LogP contribution in [0.1, 0.15) is 31.2 Å². The quantitative estimate of drug-likeness (QED) is 0.513. The first-order valence-electron chi connectivity index (χ1n) is 8.35. The standard InChI is InChI=1S/C19H18N4OS2/c1-12(2)13-5-3-4-6-15(13)23-9-8-20-19(23)26-11-16-21-14-7-10-25-17(14)18(24)22-16/h3-10,12H,11H2,1-2H3,(H,21,22,24). The molecule has 0 aliphatic heterocycles. The molecule has 7 heteroatoms. The summed E-state index contributed by atoms with van der Waals surface area (Å²) in [5, 5.41) is 2.77. The molecule has 0 spiro atoms. The molecule has 26 heavy (non-hydrogen) atoms. The number of thioether (sulfide) groups is 1. The summed E-state index contributed by atoms with van der Waals surface area (Å²) in [5.41, 5.74) is 3.09. The van der Waals surface area contributed by atoms with Gasteiger partial charge in [0.05, 0.1) is 17.0 Å². The number of aromatic amines is 1. The lowest BCUT2D eigenvalue weighted by Gasteiger charge is -2.15. The number of para-hydroxylation sites is 1. The van der Waals surface area contributed by atoms with Gasteiger partial charge in [0.15, 0.2) is 5.16 Å². The van der Waals surface area contributed by atoms with Crippen molar-refractivity contribution in [3.05, 3.63) is 69.8 Å². The van der Waals surface area contributed by atoms with Gasteiger partial charge in [-0.2, -0.15) is 0 Å². The number of thiophene rings is 1. The summed E-state index contributed by atoms with van der Waals surface area (Å²) in [7, 11) is 0. The van der Waals surface area contributed by atoms with Crippen molar-refractivity contribution in [1.29, 1.82) is 0 Å². The number of fused-ring (bicyclic) bond motifs is 1. The summed E-state index contributed by atoms with van der Waals surface area (Å²) in [5.74, 6) is 1.64. The Morgan fingerprint density at radius 3 is 2.96 bits per heavy atom. The second kappa shape index (κ2) is 7.09. The monoisotopic (exact) mass is 382 g/mol. The van der Waals surface area contributed by atoms with E-state index in [0.29, 0.717) is 22.2 Å². The molecule has 1 aromatic carbocycles. The van der Waals surface area contributed by atoms with Crippen molar-refractivity contribution in [3.63, 3.8) is 0 Å². The van der Waals surface area contributed by atoms with Crippen LogP contribution in [0.4, 0.5) is 0 Å². The van der Waals surface area contributed by atoms with Crippen LogP contribution in [-0.2, 0) is 5.75 Å². The number of H-pyrrole nitrogens is 1. The van der Waals surface area contributed by atoms with E-state index in [4.69, 9.17) is 0 Å². The number of aromatic nitrogens is 4. The third kappa shape index (κ3) is 3.20. The van der Waals surface area contributed by atoms with Gasteiger partial charge in [-0.25, -0.2) is 9.97 Å². The molecule has 1 N–H and O–H groups in total. The van der Waals surface area contributed by atoms with Crippen molar-refractivity contribution in [2.45, 2.75) is 30.7 Å². The van der Waals surface area contributed by atoms with Gasteiger partial charge in [0.2, 0.25) is 0 Å². The zero-order valence-electron chi connectivity index (χ0n) is 14.5. The van der Waals surface area contributed by atoms with E-state index in [1.54, 1.807) is 18.0 Å². The Morgan fingerprint density at radius 1 is 1.27 bits per heavy atom. The maximum absolute atomic E-state index is 12.1. The van der Waals surface area contributed by atoms with Crippen LogP contribution in [0.3, 0.4) is 0 Å². The average molecular weight is 383 g/mol. The lowest BCUT2D eigenvalue weighted by atomic mass is 10.0. The largest absolute Gasteiger partial charge is 0.309 e. The van der Waals surface area contributed by atoms with Crippen LogP contribution in [0.25, 0.3) is 15.9 Å². The zero-order chi connectivity index (χ0) is 18.1. The van der Waals surface area contributed by atoms with Crippen molar-refractivity contribution in [2.24, 2.45) is 0 Å². The first-order valence-corrected chi connectivity index (χ1v) is 10.2. The molecule has 4 aromatic rings. The van der Waals surface area contributed by atoms with Crippen molar-refractivity contribution in [1.82, 2.24) is 19.5 Å². The highest BCUT2D eigenvalue weighted by Gasteiger charge is 2.13. The minimum atomic E-state index is -0.0749. The van der Waals surface area contributed by atoms with E-state index >= 15 is 0 Å². The summed E-state index contributed by atoms with van der Waals surface area (Å²) >= 11 is 2.98.